The van der Waals surface area contributed by atoms with E-state index < -0.39 is 0 Å². The Bertz CT molecular complexity index is 167. The number of rotatable bonds is 1. The maximum absolute atomic E-state index is 11.1. The van der Waals surface area contributed by atoms with Gasteiger partial charge in [-0.05, 0) is 25.3 Å². The summed E-state index contributed by atoms with van der Waals surface area (Å²) in [4.78, 5) is 11.1. The number of fused-ring (bicyclic) bond motifs is 1. The molecule has 0 aromatic carbocycles. The minimum Gasteiger partial charge on any atom is -0.468 e. The first-order chi connectivity index (χ1) is 4.77. The molecule has 2 aliphatic heterocycles. The zero-order valence-electron chi connectivity index (χ0n) is 6.02. The Hall–Kier alpha value is -0.570. The zero-order chi connectivity index (χ0) is 7.19. The molecule has 1 saturated carbocycles. The van der Waals surface area contributed by atoms with Gasteiger partial charge in [0, 0.05) is 0 Å². The quantitative estimate of drug-likeness (QED) is 0.519. The highest BCUT2D eigenvalue weighted by molar-refractivity contribution is 5.83. The molecule has 3 aliphatic rings. The molecule has 1 aliphatic carbocycles. The van der Waals surface area contributed by atoms with Gasteiger partial charge in [-0.15, -0.1) is 0 Å². The molecule has 1 N–H and O–H groups in total. The van der Waals surface area contributed by atoms with E-state index in [1.54, 1.807) is 0 Å². The Morgan fingerprint density at radius 2 is 2.40 bits per heavy atom. The summed E-state index contributed by atoms with van der Waals surface area (Å²) in [7, 11) is 1.45. The monoisotopic (exact) mass is 141 g/mol. The lowest BCUT2D eigenvalue weighted by atomic mass is 9.74. The summed E-state index contributed by atoms with van der Waals surface area (Å²) in [6, 6.07) is 0. The molecule has 0 unspecified atom stereocenters. The smallest absolute Gasteiger partial charge is 0.326 e. The highest BCUT2D eigenvalue weighted by Crippen LogP contribution is 2.44. The first kappa shape index (κ1) is 6.16. The molecule has 0 spiro atoms. The van der Waals surface area contributed by atoms with E-state index in [0.29, 0.717) is 0 Å². The molecule has 3 rings (SSSR count). The number of ether oxygens (including phenoxy) is 1. The molecule has 2 bridgehead atoms. The predicted octanol–water partition coefficient (Wildman–Crippen LogP) is -0.0886. The average molecular weight is 141 g/mol. The largest absolute Gasteiger partial charge is 0.468 e. The van der Waals surface area contributed by atoms with E-state index in [1.807, 2.05) is 0 Å². The molecular formula is C7H11NO2. The maximum atomic E-state index is 11.1. The van der Waals surface area contributed by atoms with Gasteiger partial charge in [0.05, 0.1) is 7.11 Å². The molecule has 56 valence electrons. The first-order valence-electron chi connectivity index (χ1n) is 3.60. The van der Waals surface area contributed by atoms with Crippen molar-refractivity contribution in [2.45, 2.75) is 18.4 Å². The van der Waals surface area contributed by atoms with Gasteiger partial charge in [0.25, 0.3) is 0 Å². The maximum Gasteiger partial charge on any atom is 0.326 e. The van der Waals surface area contributed by atoms with E-state index in [4.69, 9.17) is 0 Å². The fraction of sp³-hybridized carbons (Fsp3) is 0.857. The van der Waals surface area contributed by atoms with Crippen LogP contribution in [0.1, 0.15) is 12.8 Å². The molecular weight excluding hydrogens is 130 g/mol. The van der Waals surface area contributed by atoms with Crippen LogP contribution in [0.25, 0.3) is 0 Å². The Kier molecular flexibility index (Phi) is 1.06. The Labute approximate surface area is 59.7 Å². The zero-order valence-corrected chi connectivity index (χ0v) is 6.02. The van der Waals surface area contributed by atoms with Crippen LogP contribution in [0.4, 0.5) is 0 Å². The second-order valence-electron chi connectivity index (χ2n) is 3.23. The van der Waals surface area contributed by atoms with Crippen molar-refractivity contribution >= 4 is 5.97 Å². The number of nitrogens with one attached hydrogen (secondary N) is 1. The van der Waals surface area contributed by atoms with Gasteiger partial charge in [0.2, 0.25) is 0 Å². The van der Waals surface area contributed by atoms with Crippen LogP contribution in [0, 0.1) is 5.92 Å². The molecule has 2 saturated heterocycles. The van der Waals surface area contributed by atoms with Crippen LogP contribution in [0.2, 0.25) is 0 Å². The SMILES string of the molecule is COC(=O)C12CC(CN1)C2. The van der Waals surface area contributed by atoms with Crippen molar-refractivity contribution in [1.82, 2.24) is 5.32 Å². The van der Waals surface area contributed by atoms with Crippen LogP contribution in [0.5, 0.6) is 0 Å². The number of carbonyl (C=O) groups is 1. The molecule has 0 aromatic heterocycles. The lowest BCUT2D eigenvalue weighted by molar-refractivity contribution is -0.150. The van der Waals surface area contributed by atoms with Crippen molar-refractivity contribution < 1.29 is 9.53 Å². The Balaban J connectivity index is 2.10. The van der Waals surface area contributed by atoms with Gasteiger partial charge < -0.3 is 10.1 Å². The topological polar surface area (TPSA) is 38.3 Å². The number of hydrogen-bond donors (Lipinski definition) is 1. The van der Waals surface area contributed by atoms with Crippen molar-refractivity contribution in [3.05, 3.63) is 0 Å². The van der Waals surface area contributed by atoms with Crippen LogP contribution in [0.3, 0.4) is 0 Å². The minimum absolute atomic E-state index is 0.0822. The molecule has 0 atom stereocenters. The number of carbonyl (C=O) groups excluding carboxylic acids is 1. The van der Waals surface area contributed by atoms with Crippen LogP contribution in [-0.4, -0.2) is 25.2 Å². The van der Waals surface area contributed by atoms with E-state index in [2.05, 4.69) is 10.1 Å². The summed E-state index contributed by atoms with van der Waals surface area (Å²) in [5, 5.41) is 3.18. The van der Waals surface area contributed by atoms with Crippen molar-refractivity contribution in [3.8, 4) is 0 Å². The van der Waals surface area contributed by atoms with Crippen molar-refractivity contribution in [3.63, 3.8) is 0 Å². The first-order valence-corrected chi connectivity index (χ1v) is 3.60. The van der Waals surface area contributed by atoms with E-state index in [0.717, 1.165) is 25.3 Å². The normalized spacial score (nSPS) is 42.7. The third-order valence-corrected chi connectivity index (χ3v) is 2.58. The van der Waals surface area contributed by atoms with E-state index in [9.17, 15) is 4.79 Å². The van der Waals surface area contributed by atoms with Gasteiger partial charge in [-0.25, -0.2) is 0 Å². The van der Waals surface area contributed by atoms with Gasteiger partial charge >= 0.3 is 5.97 Å². The summed E-state index contributed by atoms with van der Waals surface area (Å²) in [5.41, 5.74) is -0.264. The number of esters is 1. The minimum atomic E-state index is -0.264. The van der Waals surface area contributed by atoms with Gasteiger partial charge in [-0.3, -0.25) is 4.79 Å². The number of hydrogen-bond acceptors (Lipinski definition) is 3. The highest BCUT2D eigenvalue weighted by atomic mass is 16.5. The van der Waals surface area contributed by atoms with Crippen LogP contribution in [0.15, 0.2) is 0 Å². The molecule has 0 aromatic rings. The molecule has 3 nitrogen and oxygen atoms in total. The second-order valence-corrected chi connectivity index (χ2v) is 3.23. The molecule has 10 heavy (non-hydrogen) atoms. The van der Waals surface area contributed by atoms with Crippen molar-refractivity contribution in [2.75, 3.05) is 13.7 Å². The van der Waals surface area contributed by atoms with E-state index in [-0.39, 0.29) is 11.5 Å². The number of methoxy groups -OCH3 is 1. The van der Waals surface area contributed by atoms with Crippen LogP contribution < -0.4 is 5.32 Å². The predicted molar refractivity (Wildman–Crippen MR) is 35.5 cm³/mol. The van der Waals surface area contributed by atoms with Crippen molar-refractivity contribution in [1.29, 1.82) is 0 Å². The lowest BCUT2D eigenvalue weighted by Crippen LogP contribution is -2.51. The summed E-state index contributed by atoms with van der Waals surface area (Å²) >= 11 is 0. The fourth-order valence-corrected chi connectivity index (χ4v) is 1.99. The average Bonchev–Trinajstić information content (AvgIpc) is 2.41. The molecule has 3 fully saturated rings. The molecule has 0 amide bonds. The van der Waals surface area contributed by atoms with Crippen LogP contribution in [-0.2, 0) is 9.53 Å². The van der Waals surface area contributed by atoms with E-state index in [1.165, 1.54) is 7.11 Å². The second kappa shape index (κ2) is 1.72. The van der Waals surface area contributed by atoms with Gasteiger partial charge in [0.15, 0.2) is 0 Å². The van der Waals surface area contributed by atoms with Crippen LogP contribution >= 0.6 is 0 Å². The van der Waals surface area contributed by atoms with E-state index >= 15 is 0 Å². The molecule has 3 heteroatoms. The summed E-state index contributed by atoms with van der Waals surface area (Å²) < 4.78 is 4.67. The Morgan fingerprint density at radius 1 is 1.70 bits per heavy atom. The third kappa shape index (κ3) is 0.560. The Morgan fingerprint density at radius 3 is 2.80 bits per heavy atom. The third-order valence-electron chi connectivity index (χ3n) is 2.58. The standard InChI is InChI=1S/C7H11NO2/c1-10-6(9)7-2-5(3-7)4-8-7/h5,8H,2-4H2,1H3. The van der Waals surface area contributed by atoms with Crippen molar-refractivity contribution in [2.24, 2.45) is 5.92 Å². The van der Waals surface area contributed by atoms with Gasteiger partial charge in [0.1, 0.15) is 5.54 Å². The van der Waals surface area contributed by atoms with Gasteiger partial charge in [-0.2, -0.15) is 0 Å². The molecule has 2 heterocycles. The summed E-state index contributed by atoms with van der Waals surface area (Å²) in [5.74, 6) is 0.653. The highest BCUT2D eigenvalue weighted by Gasteiger charge is 2.56. The fourth-order valence-electron chi connectivity index (χ4n) is 1.99. The summed E-state index contributed by atoms with van der Waals surface area (Å²) in [6.45, 7) is 0.995. The molecule has 0 radical (unpaired) electrons. The lowest BCUT2D eigenvalue weighted by Gasteiger charge is -2.34. The summed E-state index contributed by atoms with van der Waals surface area (Å²) in [6.07, 6.45) is 1.97. The van der Waals surface area contributed by atoms with Gasteiger partial charge in [-0.1, -0.05) is 0 Å².